The van der Waals surface area contributed by atoms with Gasteiger partial charge in [0.05, 0.1) is 18.1 Å². The molecule has 3 N–H and O–H groups in total. The quantitative estimate of drug-likeness (QED) is 0.796. The van der Waals surface area contributed by atoms with Gasteiger partial charge in [0.2, 0.25) is 11.8 Å². The molecular weight excluding hydrogens is 264 g/mol. The maximum atomic E-state index is 11.7. The second kappa shape index (κ2) is 7.68. The molecule has 1 atom stereocenters. The first kappa shape index (κ1) is 15.4. The van der Waals surface area contributed by atoms with Gasteiger partial charge in [-0.3, -0.25) is 9.59 Å². The van der Waals surface area contributed by atoms with E-state index in [1.165, 1.54) is 11.8 Å². The van der Waals surface area contributed by atoms with Gasteiger partial charge < -0.3 is 15.8 Å². The number of nitrogens with one attached hydrogen (secondary N) is 1. The fourth-order valence-corrected chi connectivity index (χ4v) is 2.27. The van der Waals surface area contributed by atoms with Gasteiger partial charge >= 0.3 is 0 Å². The van der Waals surface area contributed by atoms with E-state index in [0.29, 0.717) is 12.1 Å². The van der Waals surface area contributed by atoms with Gasteiger partial charge in [-0.05, 0) is 30.7 Å². The van der Waals surface area contributed by atoms with Gasteiger partial charge in [-0.1, -0.05) is 6.92 Å². The molecule has 0 spiro atoms. The number of carbonyl (C=O) groups is 2. The van der Waals surface area contributed by atoms with Crippen molar-refractivity contribution in [3.05, 3.63) is 24.3 Å². The van der Waals surface area contributed by atoms with Crippen LogP contribution >= 0.6 is 11.8 Å². The normalized spacial score (nSPS) is 11.7. The molecule has 0 saturated carbocycles. The lowest BCUT2D eigenvalue weighted by atomic mass is 10.3. The molecule has 0 aliphatic rings. The summed E-state index contributed by atoms with van der Waals surface area (Å²) in [4.78, 5) is 22.7. The Labute approximate surface area is 116 Å². The standard InChI is InChI=1S/C13H18N2O3S/c1-3-11(13(14)17)19-8-12(16)15-9-4-6-10(18-2)7-5-9/h4-7,11H,3,8H2,1-2H3,(H2,14,17)(H,15,16). The molecule has 0 bridgehead atoms. The fraction of sp³-hybridized carbons (Fsp3) is 0.385. The topological polar surface area (TPSA) is 81.4 Å². The van der Waals surface area contributed by atoms with Crippen molar-refractivity contribution >= 4 is 29.3 Å². The van der Waals surface area contributed by atoms with E-state index >= 15 is 0 Å². The van der Waals surface area contributed by atoms with Crippen LogP contribution in [0.5, 0.6) is 5.75 Å². The summed E-state index contributed by atoms with van der Waals surface area (Å²) in [5.41, 5.74) is 5.91. The van der Waals surface area contributed by atoms with Gasteiger partial charge in [-0.25, -0.2) is 0 Å². The van der Waals surface area contributed by atoms with Crippen molar-refractivity contribution < 1.29 is 14.3 Å². The van der Waals surface area contributed by atoms with E-state index in [-0.39, 0.29) is 22.8 Å². The van der Waals surface area contributed by atoms with Crippen molar-refractivity contribution in [2.75, 3.05) is 18.2 Å². The van der Waals surface area contributed by atoms with Crippen molar-refractivity contribution in [3.63, 3.8) is 0 Å². The van der Waals surface area contributed by atoms with Crippen LogP contribution in [0.3, 0.4) is 0 Å². The van der Waals surface area contributed by atoms with Gasteiger partial charge in [0.25, 0.3) is 0 Å². The zero-order valence-electron chi connectivity index (χ0n) is 11.0. The van der Waals surface area contributed by atoms with Crippen molar-refractivity contribution in [3.8, 4) is 5.75 Å². The Morgan fingerprint density at radius 1 is 1.37 bits per heavy atom. The van der Waals surface area contributed by atoms with E-state index in [9.17, 15) is 9.59 Å². The van der Waals surface area contributed by atoms with Crippen molar-refractivity contribution in [1.29, 1.82) is 0 Å². The molecular formula is C13H18N2O3S. The summed E-state index contributed by atoms with van der Waals surface area (Å²) in [6, 6.07) is 7.04. The second-order valence-corrected chi connectivity index (χ2v) is 5.08. The van der Waals surface area contributed by atoms with E-state index in [1.54, 1.807) is 31.4 Å². The number of carbonyl (C=O) groups excluding carboxylic acids is 2. The number of thioether (sulfide) groups is 1. The first-order valence-corrected chi connectivity index (χ1v) is 6.96. The minimum Gasteiger partial charge on any atom is -0.497 e. The van der Waals surface area contributed by atoms with E-state index in [2.05, 4.69) is 5.32 Å². The molecule has 0 aromatic heterocycles. The Kier molecular flexibility index (Phi) is 6.21. The van der Waals surface area contributed by atoms with Gasteiger partial charge in [-0.15, -0.1) is 11.8 Å². The first-order valence-electron chi connectivity index (χ1n) is 5.91. The van der Waals surface area contributed by atoms with Crippen molar-refractivity contribution in [1.82, 2.24) is 0 Å². The van der Waals surface area contributed by atoms with E-state index in [0.717, 1.165) is 5.75 Å². The SMILES string of the molecule is CCC(SCC(=O)Nc1ccc(OC)cc1)C(N)=O. The molecule has 0 aliphatic carbocycles. The van der Waals surface area contributed by atoms with Crippen LogP contribution in [0.1, 0.15) is 13.3 Å². The molecule has 0 saturated heterocycles. The lowest BCUT2D eigenvalue weighted by Crippen LogP contribution is -2.27. The molecule has 1 unspecified atom stereocenters. The number of hydrogen-bond donors (Lipinski definition) is 2. The maximum absolute atomic E-state index is 11.7. The zero-order chi connectivity index (χ0) is 14.3. The molecule has 0 heterocycles. The van der Waals surface area contributed by atoms with Crippen LogP contribution in [0.2, 0.25) is 0 Å². The van der Waals surface area contributed by atoms with Crippen LogP contribution < -0.4 is 15.8 Å². The smallest absolute Gasteiger partial charge is 0.234 e. The maximum Gasteiger partial charge on any atom is 0.234 e. The summed E-state index contributed by atoms with van der Waals surface area (Å²) in [5.74, 6) is 0.389. The first-order chi connectivity index (χ1) is 9.06. The number of primary amides is 1. The van der Waals surface area contributed by atoms with Crippen LogP contribution in [0.4, 0.5) is 5.69 Å². The molecule has 104 valence electrons. The van der Waals surface area contributed by atoms with Gasteiger partial charge in [0.15, 0.2) is 0 Å². The zero-order valence-corrected chi connectivity index (χ0v) is 11.8. The second-order valence-electron chi connectivity index (χ2n) is 3.89. The largest absolute Gasteiger partial charge is 0.497 e. The van der Waals surface area contributed by atoms with Crippen molar-refractivity contribution in [2.24, 2.45) is 5.73 Å². The number of anilines is 1. The van der Waals surface area contributed by atoms with Crippen LogP contribution in [-0.2, 0) is 9.59 Å². The number of ether oxygens (including phenoxy) is 1. The van der Waals surface area contributed by atoms with Crippen LogP contribution in [0.25, 0.3) is 0 Å². The predicted octanol–water partition coefficient (Wildman–Crippen LogP) is 1.63. The minimum absolute atomic E-state index is 0.158. The van der Waals surface area contributed by atoms with Crippen LogP contribution in [-0.4, -0.2) is 29.9 Å². The molecule has 5 nitrogen and oxygen atoms in total. The molecule has 0 aliphatic heterocycles. The third-order valence-electron chi connectivity index (χ3n) is 2.48. The number of amides is 2. The Bertz CT molecular complexity index is 434. The molecule has 0 radical (unpaired) electrons. The highest BCUT2D eigenvalue weighted by Gasteiger charge is 2.15. The van der Waals surface area contributed by atoms with E-state index in [4.69, 9.17) is 10.5 Å². The average molecular weight is 282 g/mol. The van der Waals surface area contributed by atoms with Gasteiger partial charge in [-0.2, -0.15) is 0 Å². The third-order valence-corrected chi connectivity index (χ3v) is 3.87. The summed E-state index contributed by atoms with van der Waals surface area (Å²) in [6.07, 6.45) is 0.621. The van der Waals surface area contributed by atoms with Crippen LogP contribution in [0, 0.1) is 0 Å². The third kappa shape index (κ3) is 5.21. The van der Waals surface area contributed by atoms with Crippen molar-refractivity contribution in [2.45, 2.75) is 18.6 Å². The Morgan fingerprint density at radius 2 is 2.00 bits per heavy atom. The summed E-state index contributed by atoms with van der Waals surface area (Å²) in [7, 11) is 1.58. The van der Waals surface area contributed by atoms with E-state index in [1.807, 2.05) is 6.92 Å². The Balaban J connectivity index is 2.44. The molecule has 1 aromatic carbocycles. The highest BCUT2D eigenvalue weighted by Crippen LogP contribution is 2.17. The lowest BCUT2D eigenvalue weighted by molar-refractivity contribution is -0.117. The Hall–Kier alpha value is -1.69. The van der Waals surface area contributed by atoms with Gasteiger partial charge in [0.1, 0.15) is 5.75 Å². The Morgan fingerprint density at radius 3 is 2.47 bits per heavy atom. The van der Waals surface area contributed by atoms with Gasteiger partial charge in [0, 0.05) is 5.69 Å². The molecule has 0 fully saturated rings. The van der Waals surface area contributed by atoms with Crippen LogP contribution in [0.15, 0.2) is 24.3 Å². The molecule has 2 amide bonds. The predicted molar refractivity (Wildman–Crippen MR) is 77.4 cm³/mol. The number of nitrogens with two attached hydrogens (primary N) is 1. The summed E-state index contributed by atoms with van der Waals surface area (Å²) in [5, 5.41) is 2.43. The summed E-state index contributed by atoms with van der Waals surface area (Å²) in [6.45, 7) is 1.86. The summed E-state index contributed by atoms with van der Waals surface area (Å²) >= 11 is 1.25. The number of benzene rings is 1. The lowest BCUT2D eigenvalue weighted by Gasteiger charge is -2.10. The number of rotatable bonds is 7. The number of methoxy groups -OCH3 is 1. The highest BCUT2D eigenvalue weighted by molar-refractivity contribution is 8.01. The molecule has 1 rings (SSSR count). The highest BCUT2D eigenvalue weighted by atomic mass is 32.2. The molecule has 19 heavy (non-hydrogen) atoms. The number of hydrogen-bond acceptors (Lipinski definition) is 4. The van der Waals surface area contributed by atoms with E-state index < -0.39 is 0 Å². The summed E-state index contributed by atoms with van der Waals surface area (Å²) < 4.78 is 5.03. The molecule has 1 aromatic rings. The molecule has 6 heteroatoms. The average Bonchev–Trinajstić information content (AvgIpc) is 2.40. The fourth-order valence-electron chi connectivity index (χ4n) is 1.45. The minimum atomic E-state index is -0.384. The monoisotopic (exact) mass is 282 g/mol.